The predicted octanol–water partition coefficient (Wildman–Crippen LogP) is 1.54. The van der Waals surface area contributed by atoms with E-state index >= 15 is 0 Å². The molecule has 0 saturated carbocycles. The molecule has 4 heterocycles. The topological polar surface area (TPSA) is 93.5 Å². The van der Waals surface area contributed by atoms with Crippen LogP contribution in [0, 0.1) is 0 Å². The highest BCUT2D eigenvalue weighted by Gasteiger charge is 2.32. The van der Waals surface area contributed by atoms with E-state index in [1.54, 1.807) is 38.9 Å². The number of amides is 2. The molecule has 2 aromatic heterocycles. The van der Waals surface area contributed by atoms with Crippen LogP contribution in [0.1, 0.15) is 38.3 Å². The van der Waals surface area contributed by atoms with Crippen molar-refractivity contribution >= 4 is 11.8 Å². The van der Waals surface area contributed by atoms with E-state index in [0.717, 1.165) is 5.56 Å². The van der Waals surface area contributed by atoms with Gasteiger partial charge in [-0.05, 0) is 17.7 Å². The van der Waals surface area contributed by atoms with Crippen LogP contribution in [0.4, 0.5) is 0 Å². The Hall–Kier alpha value is -3.59. The van der Waals surface area contributed by atoms with Crippen molar-refractivity contribution in [3.05, 3.63) is 77.4 Å². The molecule has 0 radical (unpaired) electrons. The quantitative estimate of drug-likeness (QED) is 0.641. The SMILES string of the molecule is O=C(c1ccccn1)N1CCN(C(=O)c2nnn3c2CO[C@@H](c2ccccc2)C3)CC1. The lowest BCUT2D eigenvalue weighted by molar-refractivity contribution is -0.00202. The van der Waals surface area contributed by atoms with Crippen molar-refractivity contribution in [1.29, 1.82) is 0 Å². The number of rotatable bonds is 3. The lowest BCUT2D eigenvalue weighted by Crippen LogP contribution is -2.51. The lowest BCUT2D eigenvalue weighted by Gasteiger charge is -2.34. The van der Waals surface area contributed by atoms with Gasteiger partial charge in [0.1, 0.15) is 11.8 Å². The fourth-order valence-electron chi connectivity index (χ4n) is 3.96. The van der Waals surface area contributed by atoms with E-state index in [1.165, 1.54) is 0 Å². The number of fused-ring (bicyclic) bond motifs is 1. The molecule has 5 rings (SSSR count). The van der Waals surface area contributed by atoms with Crippen molar-refractivity contribution in [3.8, 4) is 0 Å². The summed E-state index contributed by atoms with van der Waals surface area (Å²) in [6.07, 6.45) is 1.49. The highest BCUT2D eigenvalue weighted by molar-refractivity contribution is 5.94. The van der Waals surface area contributed by atoms with Crippen LogP contribution in [0.2, 0.25) is 0 Å². The van der Waals surface area contributed by atoms with Crippen molar-refractivity contribution in [2.24, 2.45) is 0 Å². The first-order valence-electron chi connectivity index (χ1n) is 10.3. The molecule has 2 aliphatic rings. The summed E-state index contributed by atoms with van der Waals surface area (Å²) in [5.74, 6) is -0.290. The third kappa shape index (κ3) is 3.79. The Kier molecular flexibility index (Phi) is 5.17. The van der Waals surface area contributed by atoms with Gasteiger partial charge < -0.3 is 14.5 Å². The van der Waals surface area contributed by atoms with Gasteiger partial charge in [0, 0.05) is 32.4 Å². The molecule has 9 heteroatoms. The van der Waals surface area contributed by atoms with Crippen LogP contribution in [0.25, 0.3) is 0 Å². The fraction of sp³-hybridized carbons (Fsp3) is 0.318. The zero-order valence-corrected chi connectivity index (χ0v) is 16.9. The first-order chi connectivity index (χ1) is 15.2. The van der Waals surface area contributed by atoms with Crippen LogP contribution in [0.5, 0.6) is 0 Å². The van der Waals surface area contributed by atoms with Crippen molar-refractivity contribution in [2.75, 3.05) is 26.2 Å². The molecule has 0 unspecified atom stereocenters. The van der Waals surface area contributed by atoms with Crippen molar-refractivity contribution < 1.29 is 14.3 Å². The van der Waals surface area contributed by atoms with Crippen LogP contribution in [0.15, 0.2) is 54.7 Å². The van der Waals surface area contributed by atoms with Crippen LogP contribution in [0.3, 0.4) is 0 Å². The highest BCUT2D eigenvalue weighted by Crippen LogP contribution is 2.27. The molecular weight excluding hydrogens is 396 g/mol. The molecule has 3 aromatic rings. The minimum absolute atomic E-state index is 0.112. The number of piperazine rings is 1. The normalized spacial score (nSPS) is 18.5. The molecule has 0 bridgehead atoms. The van der Waals surface area contributed by atoms with Gasteiger partial charge >= 0.3 is 0 Å². The molecule has 1 saturated heterocycles. The van der Waals surface area contributed by atoms with Gasteiger partial charge in [0.15, 0.2) is 5.69 Å². The zero-order valence-electron chi connectivity index (χ0n) is 16.9. The number of pyridine rings is 1. The Labute approximate surface area is 179 Å². The molecule has 158 valence electrons. The highest BCUT2D eigenvalue weighted by atomic mass is 16.5. The molecule has 0 N–H and O–H groups in total. The molecule has 2 aliphatic heterocycles. The molecule has 2 amide bonds. The van der Waals surface area contributed by atoms with E-state index in [-0.39, 0.29) is 24.5 Å². The molecular formula is C22H22N6O3. The first-order valence-corrected chi connectivity index (χ1v) is 10.3. The predicted molar refractivity (Wildman–Crippen MR) is 110 cm³/mol. The Morgan fingerprint density at radius 1 is 0.903 bits per heavy atom. The summed E-state index contributed by atoms with van der Waals surface area (Å²) in [5, 5.41) is 8.35. The number of carbonyl (C=O) groups excluding carboxylic acids is 2. The summed E-state index contributed by atoms with van der Waals surface area (Å²) in [4.78, 5) is 33.2. The third-order valence-electron chi connectivity index (χ3n) is 5.71. The van der Waals surface area contributed by atoms with Crippen LogP contribution >= 0.6 is 0 Å². The van der Waals surface area contributed by atoms with E-state index in [2.05, 4.69) is 15.3 Å². The average Bonchev–Trinajstić information content (AvgIpc) is 3.27. The molecule has 31 heavy (non-hydrogen) atoms. The summed E-state index contributed by atoms with van der Waals surface area (Å²) < 4.78 is 7.75. The van der Waals surface area contributed by atoms with E-state index < -0.39 is 0 Å². The van der Waals surface area contributed by atoms with E-state index in [4.69, 9.17) is 4.74 Å². The summed E-state index contributed by atoms with van der Waals surface area (Å²) >= 11 is 0. The Morgan fingerprint density at radius 2 is 1.61 bits per heavy atom. The molecule has 0 aliphatic carbocycles. The smallest absolute Gasteiger partial charge is 0.276 e. The van der Waals surface area contributed by atoms with Crippen molar-refractivity contribution in [1.82, 2.24) is 29.8 Å². The monoisotopic (exact) mass is 418 g/mol. The number of benzene rings is 1. The van der Waals surface area contributed by atoms with Gasteiger partial charge in [-0.2, -0.15) is 0 Å². The van der Waals surface area contributed by atoms with Gasteiger partial charge in [-0.3, -0.25) is 14.6 Å². The van der Waals surface area contributed by atoms with E-state index in [0.29, 0.717) is 49.8 Å². The minimum Gasteiger partial charge on any atom is -0.365 e. The second kappa shape index (κ2) is 8.27. The summed E-state index contributed by atoms with van der Waals surface area (Å²) in [6, 6.07) is 15.2. The molecule has 1 fully saturated rings. The third-order valence-corrected chi connectivity index (χ3v) is 5.71. The van der Waals surface area contributed by atoms with E-state index in [1.807, 2.05) is 30.3 Å². The van der Waals surface area contributed by atoms with Crippen LogP contribution in [-0.2, 0) is 17.9 Å². The number of hydrogen-bond acceptors (Lipinski definition) is 6. The van der Waals surface area contributed by atoms with Gasteiger partial charge in [-0.15, -0.1) is 5.10 Å². The Balaban J connectivity index is 1.23. The molecule has 0 spiro atoms. The van der Waals surface area contributed by atoms with Gasteiger partial charge in [-0.25, -0.2) is 4.68 Å². The number of carbonyl (C=O) groups is 2. The summed E-state index contributed by atoms with van der Waals surface area (Å²) in [6.45, 7) is 2.60. The van der Waals surface area contributed by atoms with Gasteiger partial charge in [0.2, 0.25) is 0 Å². The maximum Gasteiger partial charge on any atom is 0.276 e. The Morgan fingerprint density at radius 3 is 2.32 bits per heavy atom. The number of aromatic nitrogens is 4. The second-order valence-electron chi connectivity index (χ2n) is 7.58. The number of hydrogen-bond donors (Lipinski definition) is 0. The van der Waals surface area contributed by atoms with Gasteiger partial charge in [-0.1, -0.05) is 41.6 Å². The average molecular weight is 418 g/mol. The number of ether oxygens (including phenoxy) is 1. The summed E-state index contributed by atoms with van der Waals surface area (Å²) in [7, 11) is 0. The number of nitrogens with zero attached hydrogens (tertiary/aromatic N) is 6. The molecule has 9 nitrogen and oxygen atoms in total. The molecule has 1 aromatic carbocycles. The Bertz CT molecular complexity index is 1080. The maximum absolute atomic E-state index is 13.1. The summed E-state index contributed by atoms with van der Waals surface area (Å²) in [5.41, 5.74) is 2.52. The second-order valence-corrected chi connectivity index (χ2v) is 7.58. The van der Waals surface area contributed by atoms with Crippen LogP contribution < -0.4 is 0 Å². The standard InChI is InChI=1S/C22H22N6O3/c29-21(17-8-4-5-9-23-17)26-10-12-27(13-11-26)22(30)20-18-15-31-19(14-28(18)25-24-20)16-6-2-1-3-7-16/h1-9,19H,10-15H2/t19-/m1/s1. The van der Waals surface area contributed by atoms with Crippen molar-refractivity contribution in [3.63, 3.8) is 0 Å². The lowest BCUT2D eigenvalue weighted by atomic mass is 10.1. The minimum atomic E-state index is -0.173. The first kappa shape index (κ1) is 19.4. The fourth-order valence-corrected chi connectivity index (χ4v) is 3.96. The van der Waals surface area contributed by atoms with Crippen molar-refractivity contribution in [2.45, 2.75) is 19.3 Å². The van der Waals surface area contributed by atoms with Crippen LogP contribution in [-0.4, -0.2) is 67.8 Å². The largest absolute Gasteiger partial charge is 0.365 e. The zero-order chi connectivity index (χ0) is 21.2. The van der Waals surface area contributed by atoms with Gasteiger partial charge in [0.25, 0.3) is 11.8 Å². The maximum atomic E-state index is 13.1. The molecule has 1 atom stereocenters. The van der Waals surface area contributed by atoms with Gasteiger partial charge in [0.05, 0.1) is 18.8 Å². The van der Waals surface area contributed by atoms with E-state index in [9.17, 15) is 9.59 Å².